The largest absolute Gasteiger partial charge is 0.508 e. The zero-order valence-electron chi connectivity index (χ0n) is 11.6. The first-order valence-corrected chi connectivity index (χ1v) is 6.58. The summed E-state index contributed by atoms with van der Waals surface area (Å²) in [5.41, 5.74) is 1.56. The second-order valence-corrected chi connectivity index (χ2v) is 4.56. The number of phenols is 1. The van der Waals surface area contributed by atoms with E-state index in [2.05, 4.69) is 0 Å². The number of benzene rings is 2. The van der Waals surface area contributed by atoms with E-state index >= 15 is 0 Å². The zero-order chi connectivity index (χ0) is 15.9. The van der Waals surface area contributed by atoms with E-state index in [-0.39, 0.29) is 17.1 Å². The summed E-state index contributed by atoms with van der Waals surface area (Å²) in [4.78, 5) is 22.5. The molecule has 2 aromatic rings. The fourth-order valence-corrected chi connectivity index (χ4v) is 1.77. The highest BCUT2D eigenvalue weighted by Crippen LogP contribution is 2.11. The van der Waals surface area contributed by atoms with Crippen molar-refractivity contribution in [2.24, 2.45) is 0 Å². The number of carbonyl (C=O) groups excluding carboxylic acids is 1. The molecule has 0 amide bonds. The van der Waals surface area contributed by atoms with Crippen molar-refractivity contribution in [3.05, 3.63) is 83.4 Å². The quantitative estimate of drug-likeness (QED) is 0.502. The van der Waals surface area contributed by atoms with Crippen LogP contribution in [0.5, 0.6) is 5.75 Å². The van der Waals surface area contributed by atoms with E-state index in [1.165, 1.54) is 30.3 Å². The minimum Gasteiger partial charge on any atom is -0.508 e. The number of hydrogen-bond donors (Lipinski definition) is 2. The van der Waals surface area contributed by atoms with Crippen LogP contribution < -0.4 is 0 Å². The Balaban J connectivity index is 1.97. The molecule has 0 saturated carbocycles. The van der Waals surface area contributed by atoms with Crippen molar-refractivity contribution in [2.75, 3.05) is 0 Å². The molecular formula is C18H14O4. The predicted molar refractivity (Wildman–Crippen MR) is 84.0 cm³/mol. The van der Waals surface area contributed by atoms with Crippen molar-refractivity contribution < 1.29 is 19.8 Å². The van der Waals surface area contributed by atoms with Gasteiger partial charge in [0, 0.05) is 5.56 Å². The predicted octanol–water partition coefficient (Wildman–Crippen LogP) is 3.54. The summed E-state index contributed by atoms with van der Waals surface area (Å²) >= 11 is 0. The lowest BCUT2D eigenvalue weighted by Crippen LogP contribution is -1.94. The molecule has 2 aromatic carbocycles. The third kappa shape index (κ3) is 4.18. The van der Waals surface area contributed by atoms with Crippen LogP contribution in [-0.4, -0.2) is 22.0 Å². The molecule has 0 bridgehead atoms. The molecule has 0 saturated heterocycles. The molecule has 2 rings (SSSR count). The smallest absolute Gasteiger partial charge is 0.335 e. The van der Waals surface area contributed by atoms with Gasteiger partial charge in [0.1, 0.15) is 5.75 Å². The molecule has 0 atom stereocenters. The maximum atomic E-state index is 11.8. The fourth-order valence-electron chi connectivity index (χ4n) is 1.77. The Kier molecular flexibility index (Phi) is 4.88. The van der Waals surface area contributed by atoms with E-state index in [1.807, 2.05) is 0 Å². The Labute approximate surface area is 127 Å². The third-order valence-electron chi connectivity index (χ3n) is 2.96. The van der Waals surface area contributed by atoms with Crippen LogP contribution in [0.15, 0.2) is 66.8 Å². The Morgan fingerprint density at radius 2 is 1.41 bits per heavy atom. The van der Waals surface area contributed by atoms with Crippen LogP contribution in [0.2, 0.25) is 0 Å². The topological polar surface area (TPSA) is 74.6 Å². The number of allylic oxidation sites excluding steroid dienone is 3. The number of aromatic hydroxyl groups is 1. The van der Waals surface area contributed by atoms with Gasteiger partial charge in [0.2, 0.25) is 0 Å². The highest BCUT2D eigenvalue weighted by atomic mass is 16.4. The van der Waals surface area contributed by atoms with E-state index in [0.717, 1.165) is 5.56 Å². The number of hydrogen-bond acceptors (Lipinski definition) is 3. The van der Waals surface area contributed by atoms with Gasteiger partial charge in [0.05, 0.1) is 5.56 Å². The Hall–Kier alpha value is -3.14. The molecule has 4 heteroatoms. The van der Waals surface area contributed by atoms with Gasteiger partial charge in [-0.05, 0) is 48.0 Å². The molecule has 0 aliphatic heterocycles. The molecule has 2 N–H and O–H groups in total. The standard InChI is InChI=1S/C18H14O4/c19-16-11-9-14(10-12-16)17(20)4-2-1-3-13-5-7-15(8-6-13)18(21)22/h1-12,19H,(H,21,22)/b3-1+,4-2+. The summed E-state index contributed by atoms with van der Waals surface area (Å²) in [7, 11) is 0. The molecule has 4 nitrogen and oxygen atoms in total. The molecule has 22 heavy (non-hydrogen) atoms. The molecule has 0 fully saturated rings. The molecule has 0 radical (unpaired) electrons. The molecular weight excluding hydrogens is 280 g/mol. The highest BCUT2D eigenvalue weighted by molar-refractivity contribution is 6.04. The average molecular weight is 294 g/mol. The third-order valence-corrected chi connectivity index (χ3v) is 2.96. The van der Waals surface area contributed by atoms with E-state index in [0.29, 0.717) is 5.56 Å². The van der Waals surface area contributed by atoms with Crippen LogP contribution in [0.3, 0.4) is 0 Å². The Bertz CT molecular complexity index is 723. The van der Waals surface area contributed by atoms with Gasteiger partial charge in [0.25, 0.3) is 0 Å². The highest BCUT2D eigenvalue weighted by Gasteiger charge is 2.01. The second-order valence-electron chi connectivity index (χ2n) is 4.56. The van der Waals surface area contributed by atoms with Gasteiger partial charge < -0.3 is 10.2 Å². The van der Waals surface area contributed by atoms with E-state index in [9.17, 15) is 9.59 Å². The molecule has 0 aromatic heterocycles. The number of carboxylic acids is 1. The van der Waals surface area contributed by atoms with Crippen molar-refractivity contribution in [2.45, 2.75) is 0 Å². The van der Waals surface area contributed by atoms with Crippen molar-refractivity contribution >= 4 is 17.8 Å². The van der Waals surface area contributed by atoms with Gasteiger partial charge in [-0.2, -0.15) is 0 Å². The summed E-state index contributed by atoms with van der Waals surface area (Å²) in [6, 6.07) is 12.4. The molecule has 0 spiro atoms. The molecule has 0 aliphatic carbocycles. The van der Waals surface area contributed by atoms with Gasteiger partial charge in [0.15, 0.2) is 5.78 Å². The molecule has 0 heterocycles. The molecule has 110 valence electrons. The van der Waals surface area contributed by atoms with Crippen LogP contribution in [-0.2, 0) is 0 Å². The van der Waals surface area contributed by atoms with Crippen LogP contribution in [0.25, 0.3) is 6.08 Å². The summed E-state index contributed by atoms with van der Waals surface area (Å²) in [6.45, 7) is 0. The molecule has 0 unspecified atom stereocenters. The summed E-state index contributed by atoms with van der Waals surface area (Å²) < 4.78 is 0. The van der Waals surface area contributed by atoms with Crippen molar-refractivity contribution in [1.29, 1.82) is 0 Å². The Morgan fingerprint density at radius 3 is 2.00 bits per heavy atom. The van der Waals surface area contributed by atoms with E-state index < -0.39 is 5.97 Å². The fraction of sp³-hybridized carbons (Fsp3) is 0. The summed E-state index contributed by atoms with van der Waals surface area (Å²) in [5.74, 6) is -1.01. The van der Waals surface area contributed by atoms with Crippen LogP contribution >= 0.6 is 0 Å². The van der Waals surface area contributed by atoms with Gasteiger partial charge in [-0.3, -0.25) is 4.79 Å². The monoisotopic (exact) mass is 294 g/mol. The lowest BCUT2D eigenvalue weighted by molar-refractivity contribution is 0.0696. The van der Waals surface area contributed by atoms with Crippen LogP contribution in [0.1, 0.15) is 26.3 Å². The maximum absolute atomic E-state index is 11.8. The maximum Gasteiger partial charge on any atom is 0.335 e. The van der Waals surface area contributed by atoms with Gasteiger partial charge in [-0.25, -0.2) is 4.79 Å². The SMILES string of the molecule is O=C(O)c1ccc(/C=C/C=C/C(=O)c2ccc(O)cc2)cc1. The average Bonchev–Trinajstić information content (AvgIpc) is 2.52. The summed E-state index contributed by atoms with van der Waals surface area (Å²) in [6.07, 6.45) is 6.51. The number of rotatable bonds is 5. The number of phenolic OH excluding ortho intramolecular Hbond substituents is 1. The van der Waals surface area contributed by atoms with Crippen LogP contribution in [0, 0.1) is 0 Å². The number of carbonyl (C=O) groups is 2. The van der Waals surface area contributed by atoms with Crippen molar-refractivity contribution in [3.8, 4) is 5.75 Å². The van der Waals surface area contributed by atoms with Gasteiger partial charge >= 0.3 is 5.97 Å². The number of carboxylic acid groups (broad SMARTS) is 1. The first-order chi connectivity index (χ1) is 10.6. The van der Waals surface area contributed by atoms with E-state index in [1.54, 1.807) is 42.5 Å². The van der Waals surface area contributed by atoms with Crippen molar-refractivity contribution in [3.63, 3.8) is 0 Å². The summed E-state index contributed by atoms with van der Waals surface area (Å²) in [5, 5.41) is 17.9. The second kappa shape index (κ2) is 7.04. The van der Waals surface area contributed by atoms with Crippen molar-refractivity contribution in [1.82, 2.24) is 0 Å². The zero-order valence-corrected chi connectivity index (χ0v) is 11.6. The minimum absolute atomic E-state index is 0.116. The first kappa shape index (κ1) is 15.3. The minimum atomic E-state index is -0.963. The van der Waals surface area contributed by atoms with E-state index in [4.69, 9.17) is 10.2 Å². The normalized spacial score (nSPS) is 11.1. The first-order valence-electron chi connectivity index (χ1n) is 6.58. The Morgan fingerprint density at radius 1 is 0.818 bits per heavy atom. The van der Waals surface area contributed by atoms with Crippen LogP contribution in [0.4, 0.5) is 0 Å². The van der Waals surface area contributed by atoms with Gasteiger partial charge in [-0.1, -0.05) is 30.4 Å². The lowest BCUT2D eigenvalue weighted by atomic mass is 10.1. The number of aromatic carboxylic acids is 1. The van der Waals surface area contributed by atoms with Gasteiger partial charge in [-0.15, -0.1) is 0 Å². The lowest BCUT2D eigenvalue weighted by Gasteiger charge is -1.96. The number of ketones is 1. The molecule has 0 aliphatic rings.